The number of likely N-dealkylation sites (N-methyl/N-ethyl adjacent to an activating group) is 1. The van der Waals surface area contributed by atoms with Crippen molar-refractivity contribution in [2.75, 3.05) is 33.1 Å². The number of amides is 1. The van der Waals surface area contributed by atoms with Gasteiger partial charge in [0, 0.05) is 19.0 Å². The van der Waals surface area contributed by atoms with E-state index < -0.39 is 6.17 Å². The van der Waals surface area contributed by atoms with Gasteiger partial charge in [-0.3, -0.25) is 19.1 Å². The molecule has 0 fully saturated rings. The highest BCUT2D eigenvalue weighted by atomic mass is 35.5. The molecular formula is C27H28Cl2N6O3. The minimum atomic E-state index is -0.522. The SMILES string of the molecule is COc1ccc(-c2nc3ccc(NCc4ccc(Cl)c(Cl)c4)nc3n(C(CNC(C)=O)N(C)C)c2=O)cc1. The summed E-state index contributed by atoms with van der Waals surface area (Å²) in [5.74, 6) is 1.02. The molecule has 2 heterocycles. The van der Waals surface area contributed by atoms with Crippen LogP contribution in [-0.2, 0) is 11.3 Å². The average Bonchev–Trinajstić information content (AvgIpc) is 2.90. The Labute approximate surface area is 230 Å². The monoisotopic (exact) mass is 554 g/mol. The first-order valence-corrected chi connectivity index (χ1v) is 12.6. The lowest BCUT2D eigenvalue weighted by molar-refractivity contribution is -0.119. The fraction of sp³-hybridized carbons (Fsp3) is 0.259. The molecule has 11 heteroatoms. The molecule has 1 unspecified atom stereocenters. The van der Waals surface area contributed by atoms with Gasteiger partial charge < -0.3 is 15.4 Å². The van der Waals surface area contributed by atoms with Gasteiger partial charge in [0.2, 0.25) is 5.91 Å². The molecule has 1 amide bonds. The number of hydrogen-bond donors (Lipinski definition) is 2. The molecule has 0 bridgehead atoms. The first kappa shape index (κ1) is 27.4. The van der Waals surface area contributed by atoms with Crippen LogP contribution in [0.5, 0.6) is 5.75 Å². The van der Waals surface area contributed by atoms with Gasteiger partial charge in [-0.05, 0) is 68.2 Å². The van der Waals surface area contributed by atoms with E-state index in [1.54, 1.807) is 54.1 Å². The molecule has 38 heavy (non-hydrogen) atoms. The quantitative estimate of drug-likeness (QED) is 0.312. The van der Waals surface area contributed by atoms with Crippen LogP contribution in [0, 0.1) is 0 Å². The third-order valence-corrected chi connectivity index (χ3v) is 6.72. The van der Waals surface area contributed by atoms with E-state index in [4.69, 9.17) is 32.9 Å². The molecule has 4 aromatic rings. The molecule has 0 spiro atoms. The van der Waals surface area contributed by atoms with Gasteiger partial charge in [-0.1, -0.05) is 29.3 Å². The van der Waals surface area contributed by atoms with Crippen LogP contribution in [0.15, 0.2) is 59.4 Å². The van der Waals surface area contributed by atoms with Gasteiger partial charge >= 0.3 is 0 Å². The summed E-state index contributed by atoms with van der Waals surface area (Å²) in [5.41, 5.74) is 2.42. The Bertz CT molecular complexity index is 1520. The van der Waals surface area contributed by atoms with Crippen LogP contribution < -0.4 is 20.9 Å². The molecular weight excluding hydrogens is 527 g/mol. The number of carbonyl (C=O) groups is 1. The average molecular weight is 555 g/mol. The fourth-order valence-corrected chi connectivity index (χ4v) is 4.30. The summed E-state index contributed by atoms with van der Waals surface area (Å²) in [5, 5.41) is 7.04. The van der Waals surface area contributed by atoms with E-state index in [0.29, 0.717) is 44.9 Å². The van der Waals surface area contributed by atoms with Crippen molar-refractivity contribution in [3.05, 3.63) is 80.6 Å². The second-order valence-electron chi connectivity index (χ2n) is 8.89. The van der Waals surface area contributed by atoms with Crippen molar-refractivity contribution in [1.29, 1.82) is 0 Å². The summed E-state index contributed by atoms with van der Waals surface area (Å²) >= 11 is 12.2. The smallest absolute Gasteiger partial charge is 0.280 e. The number of benzene rings is 2. The Morgan fingerprint density at radius 3 is 2.42 bits per heavy atom. The molecule has 0 aliphatic carbocycles. The maximum atomic E-state index is 13.9. The third-order valence-electron chi connectivity index (χ3n) is 5.99. The number of fused-ring (bicyclic) bond motifs is 1. The number of nitrogens with zero attached hydrogens (tertiary/aromatic N) is 4. The minimum Gasteiger partial charge on any atom is -0.497 e. The topological polar surface area (TPSA) is 101 Å². The van der Waals surface area contributed by atoms with Gasteiger partial charge in [-0.25, -0.2) is 9.97 Å². The summed E-state index contributed by atoms with van der Waals surface area (Å²) < 4.78 is 6.82. The molecule has 0 aliphatic rings. The Morgan fingerprint density at radius 1 is 1.05 bits per heavy atom. The lowest BCUT2D eigenvalue weighted by Gasteiger charge is -2.28. The Morgan fingerprint density at radius 2 is 1.79 bits per heavy atom. The maximum Gasteiger partial charge on any atom is 0.280 e. The zero-order valence-corrected chi connectivity index (χ0v) is 23.0. The van der Waals surface area contributed by atoms with E-state index in [9.17, 15) is 9.59 Å². The Balaban J connectivity index is 1.82. The molecule has 0 saturated carbocycles. The van der Waals surface area contributed by atoms with E-state index >= 15 is 0 Å². The Kier molecular flexibility index (Phi) is 8.51. The van der Waals surface area contributed by atoms with Gasteiger partial charge in [-0.15, -0.1) is 0 Å². The molecule has 1 atom stereocenters. The van der Waals surface area contributed by atoms with Crippen molar-refractivity contribution in [3.63, 3.8) is 0 Å². The van der Waals surface area contributed by atoms with Crippen molar-refractivity contribution in [1.82, 2.24) is 24.8 Å². The predicted molar refractivity (Wildman–Crippen MR) is 151 cm³/mol. The first-order chi connectivity index (χ1) is 18.2. The van der Waals surface area contributed by atoms with Gasteiger partial charge in [0.15, 0.2) is 5.65 Å². The van der Waals surface area contributed by atoms with Crippen LogP contribution in [0.2, 0.25) is 10.0 Å². The highest BCUT2D eigenvalue weighted by Gasteiger charge is 2.23. The van der Waals surface area contributed by atoms with E-state index in [1.807, 2.05) is 31.1 Å². The van der Waals surface area contributed by atoms with Crippen LogP contribution in [0.25, 0.3) is 22.4 Å². The molecule has 0 saturated heterocycles. The summed E-state index contributed by atoms with van der Waals surface area (Å²) in [4.78, 5) is 36.9. The van der Waals surface area contributed by atoms with Crippen molar-refractivity contribution >= 4 is 46.1 Å². The number of pyridine rings is 1. The van der Waals surface area contributed by atoms with Gasteiger partial charge in [0.25, 0.3) is 5.56 Å². The van der Waals surface area contributed by atoms with Crippen molar-refractivity contribution in [3.8, 4) is 17.0 Å². The number of halogens is 2. The molecule has 0 radical (unpaired) electrons. The third kappa shape index (κ3) is 6.07. The molecule has 2 aromatic heterocycles. The second-order valence-corrected chi connectivity index (χ2v) is 9.70. The van der Waals surface area contributed by atoms with Gasteiger partial charge in [-0.2, -0.15) is 0 Å². The summed E-state index contributed by atoms with van der Waals surface area (Å²) in [6, 6.07) is 16.1. The number of methoxy groups -OCH3 is 1. The Hall–Kier alpha value is -3.66. The maximum absolute atomic E-state index is 13.9. The number of ether oxygens (including phenoxy) is 1. The number of carbonyl (C=O) groups excluding carboxylic acids is 1. The lowest BCUT2D eigenvalue weighted by Crippen LogP contribution is -2.42. The molecule has 4 rings (SSSR count). The van der Waals surface area contributed by atoms with E-state index in [1.165, 1.54) is 6.92 Å². The largest absolute Gasteiger partial charge is 0.497 e. The highest BCUT2D eigenvalue weighted by molar-refractivity contribution is 6.42. The van der Waals surface area contributed by atoms with Crippen molar-refractivity contribution in [2.45, 2.75) is 19.6 Å². The number of hydrogen-bond acceptors (Lipinski definition) is 7. The van der Waals surface area contributed by atoms with Crippen LogP contribution >= 0.6 is 23.2 Å². The lowest BCUT2D eigenvalue weighted by atomic mass is 10.1. The summed E-state index contributed by atoms with van der Waals surface area (Å²) in [6.45, 7) is 2.08. The normalized spacial score (nSPS) is 12.0. The van der Waals surface area contributed by atoms with Crippen LogP contribution in [0.1, 0.15) is 18.7 Å². The molecule has 2 N–H and O–H groups in total. The molecule has 2 aromatic carbocycles. The van der Waals surface area contributed by atoms with Crippen LogP contribution in [-0.4, -0.2) is 53.1 Å². The second kappa shape index (κ2) is 11.8. The molecule has 9 nitrogen and oxygen atoms in total. The van der Waals surface area contributed by atoms with E-state index in [-0.39, 0.29) is 23.7 Å². The zero-order chi connectivity index (χ0) is 27.4. The zero-order valence-electron chi connectivity index (χ0n) is 21.5. The fourth-order valence-electron chi connectivity index (χ4n) is 3.98. The van der Waals surface area contributed by atoms with Gasteiger partial charge in [0.05, 0.1) is 23.7 Å². The number of rotatable bonds is 9. The molecule has 198 valence electrons. The predicted octanol–water partition coefficient (Wildman–Crippen LogP) is 4.58. The first-order valence-electron chi connectivity index (χ1n) is 11.8. The van der Waals surface area contributed by atoms with Crippen LogP contribution in [0.4, 0.5) is 5.82 Å². The summed E-state index contributed by atoms with van der Waals surface area (Å²) in [6.07, 6.45) is -0.522. The summed E-state index contributed by atoms with van der Waals surface area (Å²) in [7, 11) is 5.26. The minimum absolute atomic E-state index is 0.199. The number of anilines is 1. The van der Waals surface area contributed by atoms with Crippen LogP contribution in [0.3, 0.4) is 0 Å². The molecule has 0 aliphatic heterocycles. The number of aromatic nitrogens is 3. The van der Waals surface area contributed by atoms with E-state index in [0.717, 1.165) is 5.56 Å². The van der Waals surface area contributed by atoms with Crippen molar-refractivity contribution in [2.24, 2.45) is 0 Å². The standard InChI is InChI=1S/C27H28Cl2N6O3/c1-16(36)30-15-24(34(2)3)35-26-22(32-25(27(35)37)18-6-8-19(38-4)9-7-18)11-12-23(33-26)31-14-17-5-10-20(28)21(29)13-17/h5-13,24H,14-15H2,1-4H3,(H,30,36)(H,31,33). The highest BCUT2D eigenvalue weighted by Crippen LogP contribution is 2.25. The number of nitrogens with one attached hydrogen (secondary N) is 2. The van der Waals surface area contributed by atoms with Crippen molar-refractivity contribution < 1.29 is 9.53 Å². The van der Waals surface area contributed by atoms with Gasteiger partial charge in [0.1, 0.15) is 28.9 Å². The van der Waals surface area contributed by atoms with E-state index in [2.05, 4.69) is 15.6 Å².